The van der Waals surface area contributed by atoms with Crippen molar-refractivity contribution in [2.75, 3.05) is 18.6 Å². The van der Waals surface area contributed by atoms with Gasteiger partial charge in [0.15, 0.2) is 0 Å². The zero-order chi connectivity index (χ0) is 8.04. The SMILES string of the molecule is CSCCCOP(=O)(Cl)Cl. The minimum atomic E-state index is -3.27. The minimum Gasteiger partial charge on any atom is -0.306 e. The first-order valence-corrected chi connectivity index (χ1v) is 7.52. The van der Waals surface area contributed by atoms with E-state index in [1.54, 1.807) is 11.8 Å². The van der Waals surface area contributed by atoms with Crippen LogP contribution in [0.15, 0.2) is 0 Å². The summed E-state index contributed by atoms with van der Waals surface area (Å²) in [6.45, 7) is 0.366. The van der Waals surface area contributed by atoms with Gasteiger partial charge in [0.05, 0.1) is 6.61 Å². The fourth-order valence-corrected chi connectivity index (χ4v) is 1.54. The van der Waals surface area contributed by atoms with Crippen molar-refractivity contribution in [1.82, 2.24) is 0 Å². The zero-order valence-corrected chi connectivity index (χ0v) is 8.77. The standard InChI is InChI=1S/C4H9Cl2O2PS/c1-10-4-2-3-8-9(5,6)7/h2-4H2,1H3. The fraction of sp³-hybridized carbons (Fsp3) is 1.00. The van der Waals surface area contributed by atoms with E-state index >= 15 is 0 Å². The molecule has 0 radical (unpaired) electrons. The third kappa shape index (κ3) is 9.12. The number of hydrogen-bond acceptors (Lipinski definition) is 3. The van der Waals surface area contributed by atoms with E-state index in [9.17, 15) is 4.57 Å². The topological polar surface area (TPSA) is 26.3 Å². The molecule has 0 N–H and O–H groups in total. The van der Waals surface area contributed by atoms with Gasteiger partial charge in [0, 0.05) is 0 Å². The zero-order valence-electron chi connectivity index (χ0n) is 5.55. The van der Waals surface area contributed by atoms with Gasteiger partial charge in [-0.15, -0.1) is 0 Å². The molecule has 0 aromatic rings. The molecule has 0 aromatic carbocycles. The van der Waals surface area contributed by atoms with Crippen molar-refractivity contribution in [2.24, 2.45) is 0 Å². The van der Waals surface area contributed by atoms with Crippen molar-refractivity contribution in [2.45, 2.75) is 6.42 Å². The average Bonchev–Trinajstić information content (AvgIpc) is 1.78. The molecule has 0 aliphatic rings. The molecule has 0 saturated heterocycles. The first-order chi connectivity index (χ1) is 4.56. The molecule has 0 saturated carbocycles. The van der Waals surface area contributed by atoms with Crippen molar-refractivity contribution in [3.05, 3.63) is 0 Å². The van der Waals surface area contributed by atoms with Gasteiger partial charge in [0.25, 0.3) is 0 Å². The first kappa shape index (κ1) is 11.1. The molecule has 0 aliphatic carbocycles. The van der Waals surface area contributed by atoms with Crippen LogP contribution in [-0.4, -0.2) is 18.6 Å². The van der Waals surface area contributed by atoms with Crippen LogP contribution in [0.3, 0.4) is 0 Å². The summed E-state index contributed by atoms with van der Waals surface area (Å²) < 4.78 is 15.1. The summed E-state index contributed by atoms with van der Waals surface area (Å²) in [4.78, 5) is 0. The third-order valence-corrected chi connectivity index (χ3v) is 2.50. The lowest BCUT2D eigenvalue weighted by atomic mass is 10.5. The molecule has 0 aromatic heterocycles. The second kappa shape index (κ2) is 5.73. The minimum absolute atomic E-state index is 0.366. The molecule has 0 aliphatic heterocycles. The number of halogens is 2. The Bertz CT molecular complexity index is 126. The predicted octanol–water partition coefficient (Wildman–Crippen LogP) is 3.34. The predicted molar refractivity (Wildman–Crippen MR) is 48.3 cm³/mol. The van der Waals surface area contributed by atoms with Crippen LogP contribution in [0.25, 0.3) is 0 Å². The van der Waals surface area contributed by atoms with E-state index in [2.05, 4.69) is 4.52 Å². The van der Waals surface area contributed by atoms with Gasteiger partial charge in [-0.25, -0.2) is 0 Å². The lowest BCUT2D eigenvalue weighted by Crippen LogP contribution is -1.88. The Kier molecular flexibility index (Phi) is 6.37. The Hall–Kier alpha value is 1.12. The maximum Gasteiger partial charge on any atom is 0.380 e. The molecule has 0 atom stereocenters. The number of thioether (sulfide) groups is 1. The van der Waals surface area contributed by atoms with Crippen LogP contribution in [0, 0.1) is 0 Å². The normalized spacial score (nSPS) is 11.9. The quantitative estimate of drug-likeness (QED) is 0.528. The molecule has 62 valence electrons. The Morgan fingerprint density at radius 3 is 2.60 bits per heavy atom. The number of rotatable bonds is 5. The Morgan fingerprint density at radius 1 is 1.60 bits per heavy atom. The van der Waals surface area contributed by atoms with Crippen LogP contribution in [0.4, 0.5) is 0 Å². The van der Waals surface area contributed by atoms with E-state index in [0.29, 0.717) is 6.61 Å². The van der Waals surface area contributed by atoms with Crippen LogP contribution in [0.2, 0.25) is 0 Å². The smallest absolute Gasteiger partial charge is 0.306 e. The Labute approximate surface area is 74.6 Å². The van der Waals surface area contributed by atoms with Gasteiger partial charge in [-0.05, 0) is 40.9 Å². The van der Waals surface area contributed by atoms with Crippen LogP contribution in [-0.2, 0) is 9.09 Å². The van der Waals surface area contributed by atoms with Gasteiger partial charge in [0.1, 0.15) is 0 Å². The maximum absolute atomic E-state index is 10.5. The second-order valence-corrected chi connectivity index (χ2v) is 6.86. The van der Waals surface area contributed by atoms with E-state index in [1.165, 1.54) is 0 Å². The van der Waals surface area contributed by atoms with E-state index in [-0.39, 0.29) is 0 Å². The summed E-state index contributed by atoms with van der Waals surface area (Å²) in [5.41, 5.74) is 0. The van der Waals surface area contributed by atoms with Crippen molar-refractivity contribution in [3.8, 4) is 0 Å². The molecule has 0 unspecified atom stereocenters. The van der Waals surface area contributed by atoms with E-state index < -0.39 is 6.07 Å². The van der Waals surface area contributed by atoms with Gasteiger partial charge in [0.2, 0.25) is 0 Å². The summed E-state index contributed by atoms with van der Waals surface area (Å²) in [7, 11) is 0. The molecular formula is C4H9Cl2O2PS. The Balaban J connectivity index is 3.13. The number of hydrogen-bond donors (Lipinski definition) is 0. The summed E-state index contributed by atoms with van der Waals surface area (Å²) in [5.74, 6) is 0.966. The molecule has 0 bridgehead atoms. The fourth-order valence-electron chi connectivity index (χ4n) is 0.374. The summed E-state index contributed by atoms with van der Waals surface area (Å²) in [6.07, 6.45) is -0.460. The van der Waals surface area contributed by atoms with Gasteiger partial charge in [-0.2, -0.15) is 11.8 Å². The molecule has 2 nitrogen and oxygen atoms in total. The van der Waals surface area contributed by atoms with Crippen molar-refractivity contribution >= 4 is 40.3 Å². The van der Waals surface area contributed by atoms with Gasteiger partial charge in [-0.1, -0.05) is 0 Å². The molecule has 0 amide bonds. The van der Waals surface area contributed by atoms with Crippen molar-refractivity contribution in [1.29, 1.82) is 0 Å². The largest absolute Gasteiger partial charge is 0.380 e. The van der Waals surface area contributed by atoms with Crippen molar-refractivity contribution in [3.63, 3.8) is 0 Å². The second-order valence-electron chi connectivity index (χ2n) is 1.59. The summed E-state index contributed by atoms with van der Waals surface area (Å²) in [6, 6.07) is 0. The van der Waals surface area contributed by atoms with Gasteiger partial charge < -0.3 is 4.52 Å². The first-order valence-electron chi connectivity index (χ1n) is 2.69. The molecule has 0 rings (SSSR count). The Morgan fingerprint density at radius 2 is 2.20 bits per heavy atom. The maximum atomic E-state index is 10.5. The molecule has 6 heteroatoms. The van der Waals surface area contributed by atoms with E-state index in [4.69, 9.17) is 22.5 Å². The van der Waals surface area contributed by atoms with Crippen LogP contribution in [0.5, 0.6) is 0 Å². The highest BCUT2D eigenvalue weighted by Crippen LogP contribution is 2.57. The molecule has 0 fully saturated rings. The monoisotopic (exact) mass is 222 g/mol. The van der Waals surface area contributed by atoms with Gasteiger partial charge in [-0.3, -0.25) is 4.57 Å². The lowest BCUT2D eigenvalue weighted by molar-refractivity contribution is 0.335. The molecule has 0 heterocycles. The van der Waals surface area contributed by atoms with E-state index in [0.717, 1.165) is 12.2 Å². The average molecular weight is 223 g/mol. The van der Waals surface area contributed by atoms with Crippen molar-refractivity contribution < 1.29 is 9.09 Å². The lowest BCUT2D eigenvalue weighted by Gasteiger charge is -2.01. The molecule has 10 heavy (non-hydrogen) atoms. The van der Waals surface area contributed by atoms with E-state index in [1.807, 2.05) is 6.26 Å². The van der Waals surface area contributed by atoms with Crippen LogP contribution >= 0.6 is 40.3 Å². The van der Waals surface area contributed by atoms with Crippen LogP contribution in [0.1, 0.15) is 6.42 Å². The third-order valence-electron chi connectivity index (χ3n) is 0.734. The highest BCUT2D eigenvalue weighted by molar-refractivity contribution is 8.05. The van der Waals surface area contributed by atoms with Gasteiger partial charge >= 0.3 is 6.07 Å². The molecular weight excluding hydrogens is 214 g/mol. The summed E-state index contributed by atoms with van der Waals surface area (Å²) in [5, 5.41) is 0. The van der Waals surface area contributed by atoms with Crippen LogP contribution < -0.4 is 0 Å². The highest BCUT2D eigenvalue weighted by atomic mass is 35.9. The highest BCUT2D eigenvalue weighted by Gasteiger charge is 2.12. The molecule has 0 spiro atoms. The summed E-state index contributed by atoms with van der Waals surface area (Å²) >= 11 is 11.9.